The molecule has 170 valence electrons. The number of ether oxygens (including phenoxy) is 1. The van der Waals surface area contributed by atoms with E-state index >= 15 is 0 Å². The number of aromatic nitrogens is 1. The minimum absolute atomic E-state index is 0.107. The van der Waals surface area contributed by atoms with Crippen LogP contribution in [0.1, 0.15) is 13.3 Å². The molecule has 0 amide bonds. The standard InChI is InChI=1S/C25H23NO5S2/c1-3-16-33(29,30)21-12-10-19(11-13-21)31-20-7-4-6-18(17-20)22-14-15-26-25-23(22)8-5-9-24(25)32(2,27)28/h4-15,17H,3,16H2,1-2H3. The molecule has 1 heterocycles. The molecule has 3 aromatic carbocycles. The highest BCUT2D eigenvalue weighted by Crippen LogP contribution is 2.33. The van der Waals surface area contributed by atoms with Crippen molar-refractivity contribution < 1.29 is 21.6 Å². The fraction of sp³-hybridized carbons (Fsp3) is 0.160. The first-order valence-electron chi connectivity index (χ1n) is 10.4. The number of fused-ring (bicyclic) bond motifs is 1. The Balaban J connectivity index is 1.68. The molecule has 0 spiro atoms. The van der Waals surface area contributed by atoms with Gasteiger partial charge in [0.15, 0.2) is 19.7 Å². The van der Waals surface area contributed by atoms with Gasteiger partial charge in [0, 0.05) is 17.8 Å². The summed E-state index contributed by atoms with van der Waals surface area (Å²) in [6, 6.07) is 20.7. The number of rotatable bonds is 7. The number of benzene rings is 3. The van der Waals surface area contributed by atoms with Gasteiger partial charge >= 0.3 is 0 Å². The number of hydrogen-bond acceptors (Lipinski definition) is 6. The van der Waals surface area contributed by atoms with Crippen LogP contribution in [0.5, 0.6) is 11.5 Å². The van der Waals surface area contributed by atoms with Gasteiger partial charge in [-0.1, -0.05) is 31.2 Å². The van der Waals surface area contributed by atoms with E-state index in [0.29, 0.717) is 23.4 Å². The fourth-order valence-electron chi connectivity index (χ4n) is 3.66. The summed E-state index contributed by atoms with van der Waals surface area (Å²) < 4.78 is 54.7. The Bertz CT molecular complexity index is 1530. The highest BCUT2D eigenvalue weighted by molar-refractivity contribution is 7.91. The van der Waals surface area contributed by atoms with Gasteiger partial charge in [-0.05, 0) is 66.1 Å². The van der Waals surface area contributed by atoms with Crippen molar-refractivity contribution in [3.05, 3.63) is 79.0 Å². The lowest BCUT2D eigenvalue weighted by Gasteiger charge is -2.11. The van der Waals surface area contributed by atoms with E-state index in [-0.39, 0.29) is 15.5 Å². The number of pyridine rings is 1. The third-order valence-electron chi connectivity index (χ3n) is 5.17. The second-order valence-electron chi connectivity index (χ2n) is 7.70. The predicted molar refractivity (Wildman–Crippen MR) is 129 cm³/mol. The molecule has 0 saturated heterocycles. The lowest BCUT2D eigenvalue weighted by Crippen LogP contribution is -2.05. The van der Waals surface area contributed by atoms with Gasteiger partial charge in [-0.2, -0.15) is 0 Å². The van der Waals surface area contributed by atoms with E-state index in [2.05, 4.69) is 4.98 Å². The predicted octanol–water partition coefficient (Wildman–Crippen LogP) is 5.28. The van der Waals surface area contributed by atoms with Crippen molar-refractivity contribution in [1.29, 1.82) is 0 Å². The Kier molecular flexibility index (Phi) is 6.23. The third-order valence-corrected chi connectivity index (χ3v) is 8.23. The Morgan fingerprint density at radius 2 is 1.58 bits per heavy atom. The molecule has 33 heavy (non-hydrogen) atoms. The molecule has 0 radical (unpaired) electrons. The molecule has 0 atom stereocenters. The monoisotopic (exact) mass is 481 g/mol. The molecule has 0 N–H and O–H groups in total. The van der Waals surface area contributed by atoms with E-state index < -0.39 is 19.7 Å². The lowest BCUT2D eigenvalue weighted by atomic mass is 10.0. The van der Waals surface area contributed by atoms with Crippen LogP contribution in [0.4, 0.5) is 0 Å². The summed E-state index contributed by atoms with van der Waals surface area (Å²) in [4.78, 5) is 4.77. The molecule has 0 aliphatic carbocycles. The highest BCUT2D eigenvalue weighted by atomic mass is 32.2. The Hall–Kier alpha value is -3.23. The molecule has 0 unspecified atom stereocenters. The second kappa shape index (κ2) is 8.96. The van der Waals surface area contributed by atoms with Crippen molar-refractivity contribution in [3.63, 3.8) is 0 Å². The lowest BCUT2D eigenvalue weighted by molar-refractivity contribution is 0.482. The van der Waals surface area contributed by atoms with Gasteiger partial charge < -0.3 is 4.74 Å². The average molecular weight is 482 g/mol. The summed E-state index contributed by atoms with van der Waals surface area (Å²) in [6.45, 7) is 1.83. The van der Waals surface area contributed by atoms with E-state index in [1.807, 2.05) is 37.3 Å². The molecule has 0 bridgehead atoms. The minimum Gasteiger partial charge on any atom is -0.457 e. The van der Waals surface area contributed by atoms with Crippen LogP contribution in [-0.4, -0.2) is 33.8 Å². The molecule has 0 aliphatic rings. The molecular weight excluding hydrogens is 458 g/mol. The van der Waals surface area contributed by atoms with E-state index in [1.165, 1.54) is 6.26 Å². The highest BCUT2D eigenvalue weighted by Gasteiger charge is 2.16. The minimum atomic E-state index is -3.43. The average Bonchev–Trinajstić information content (AvgIpc) is 2.78. The smallest absolute Gasteiger partial charge is 0.178 e. The third kappa shape index (κ3) is 4.91. The maximum absolute atomic E-state index is 12.2. The summed E-state index contributed by atoms with van der Waals surface area (Å²) in [5.41, 5.74) is 2.09. The number of para-hydroxylation sites is 1. The molecule has 0 aliphatic heterocycles. The zero-order valence-electron chi connectivity index (χ0n) is 18.2. The van der Waals surface area contributed by atoms with Gasteiger partial charge in [-0.25, -0.2) is 16.8 Å². The second-order valence-corrected chi connectivity index (χ2v) is 11.8. The van der Waals surface area contributed by atoms with Gasteiger partial charge in [-0.15, -0.1) is 0 Å². The Morgan fingerprint density at radius 3 is 2.27 bits per heavy atom. The number of hydrogen-bond donors (Lipinski definition) is 0. The van der Waals surface area contributed by atoms with Crippen LogP contribution < -0.4 is 4.74 Å². The summed E-state index contributed by atoms with van der Waals surface area (Å²) >= 11 is 0. The quantitative estimate of drug-likeness (QED) is 0.357. The summed E-state index contributed by atoms with van der Waals surface area (Å²) in [7, 11) is -6.71. The number of sulfone groups is 2. The first kappa shape index (κ1) is 22.9. The molecule has 8 heteroatoms. The fourth-order valence-corrected chi connectivity index (χ4v) is 5.83. The zero-order chi connectivity index (χ0) is 23.6. The summed E-state index contributed by atoms with van der Waals surface area (Å²) in [5.74, 6) is 1.19. The number of nitrogens with zero attached hydrogens (tertiary/aromatic N) is 1. The SMILES string of the molecule is CCCS(=O)(=O)c1ccc(Oc2cccc(-c3ccnc4c(S(C)(=O)=O)cccc34)c2)cc1. The summed E-state index contributed by atoms with van der Waals surface area (Å²) in [5, 5.41) is 0.725. The van der Waals surface area contributed by atoms with E-state index in [4.69, 9.17) is 4.74 Å². The van der Waals surface area contributed by atoms with E-state index in [1.54, 1.807) is 48.7 Å². The van der Waals surface area contributed by atoms with E-state index in [0.717, 1.165) is 16.5 Å². The van der Waals surface area contributed by atoms with Crippen molar-refractivity contribution in [3.8, 4) is 22.6 Å². The van der Waals surface area contributed by atoms with Crippen molar-refractivity contribution >= 4 is 30.6 Å². The van der Waals surface area contributed by atoms with Crippen LogP contribution >= 0.6 is 0 Å². The van der Waals surface area contributed by atoms with Crippen molar-refractivity contribution in [2.45, 2.75) is 23.1 Å². The molecule has 1 aromatic heterocycles. The van der Waals surface area contributed by atoms with Crippen LogP contribution in [0.3, 0.4) is 0 Å². The summed E-state index contributed by atoms with van der Waals surface area (Å²) in [6.07, 6.45) is 3.32. The maximum Gasteiger partial charge on any atom is 0.178 e. The van der Waals surface area contributed by atoms with Gasteiger partial charge in [-0.3, -0.25) is 4.98 Å². The molecule has 6 nitrogen and oxygen atoms in total. The molecular formula is C25H23NO5S2. The molecule has 0 fully saturated rings. The van der Waals surface area contributed by atoms with Crippen LogP contribution in [0.2, 0.25) is 0 Å². The van der Waals surface area contributed by atoms with Crippen LogP contribution in [0, 0.1) is 0 Å². The van der Waals surface area contributed by atoms with Gasteiger partial charge in [0.25, 0.3) is 0 Å². The topological polar surface area (TPSA) is 90.4 Å². The van der Waals surface area contributed by atoms with Crippen molar-refractivity contribution in [1.82, 2.24) is 4.98 Å². The molecule has 0 saturated carbocycles. The largest absolute Gasteiger partial charge is 0.457 e. The van der Waals surface area contributed by atoms with Crippen molar-refractivity contribution in [2.24, 2.45) is 0 Å². The normalized spacial score (nSPS) is 12.1. The molecule has 4 rings (SSSR count). The van der Waals surface area contributed by atoms with E-state index in [9.17, 15) is 16.8 Å². The van der Waals surface area contributed by atoms with Gasteiger partial charge in [0.1, 0.15) is 11.5 Å². The first-order chi connectivity index (χ1) is 15.7. The van der Waals surface area contributed by atoms with Crippen LogP contribution in [0.25, 0.3) is 22.0 Å². The first-order valence-corrected chi connectivity index (χ1v) is 13.9. The Labute approximate surface area is 193 Å². The van der Waals surface area contributed by atoms with Crippen molar-refractivity contribution in [2.75, 3.05) is 12.0 Å². The Morgan fingerprint density at radius 1 is 0.848 bits per heavy atom. The van der Waals surface area contributed by atoms with Gasteiger partial charge in [0.05, 0.1) is 21.1 Å². The van der Waals surface area contributed by atoms with Gasteiger partial charge in [0.2, 0.25) is 0 Å². The maximum atomic E-state index is 12.2. The molecule has 4 aromatic rings. The van der Waals surface area contributed by atoms with Crippen LogP contribution in [0.15, 0.2) is 88.8 Å². The van der Waals surface area contributed by atoms with Crippen LogP contribution in [-0.2, 0) is 19.7 Å². The zero-order valence-corrected chi connectivity index (χ0v) is 19.9.